The summed E-state index contributed by atoms with van der Waals surface area (Å²) in [5.74, 6) is 0.0696. The zero-order valence-corrected chi connectivity index (χ0v) is 12.7. The van der Waals surface area contributed by atoms with Crippen LogP contribution < -0.4 is 0 Å². The van der Waals surface area contributed by atoms with E-state index >= 15 is 0 Å². The highest BCUT2D eigenvalue weighted by atomic mass is 127. The highest BCUT2D eigenvalue weighted by Crippen LogP contribution is 2.22. The van der Waals surface area contributed by atoms with Gasteiger partial charge < -0.3 is 4.74 Å². The molecule has 0 saturated heterocycles. The third-order valence-corrected chi connectivity index (χ3v) is 3.77. The molecule has 1 aliphatic heterocycles. The molecule has 2 rings (SSSR count). The number of carbonyl (C=O) groups is 2. The monoisotopic (exact) mass is 371 g/mol. The van der Waals surface area contributed by atoms with Crippen molar-refractivity contribution in [1.82, 2.24) is 4.90 Å². The Kier molecular flexibility index (Phi) is 4.57. The van der Waals surface area contributed by atoms with Gasteiger partial charge in [0.25, 0.3) is 0 Å². The second-order valence-electron chi connectivity index (χ2n) is 4.40. The van der Waals surface area contributed by atoms with Crippen LogP contribution in [0.4, 0.5) is 4.79 Å². The molecule has 0 N–H and O–H groups in total. The average molecular weight is 371 g/mol. The number of nitrogens with zero attached hydrogens (tertiary/aromatic N) is 1. The van der Waals surface area contributed by atoms with Crippen molar-refractivity contribution in [3.05, 3.63) is 45.7 Å². The quantitative estimate of drug-likeness (QED) is 0.750. The Hall–Kier alpha value is -1.37. The van der Waals surface area contributed by atoms with Crippen molar-refractivity contribution >= 4 is 34.5 Å². The molecule has 0 fully saturated rings. The fourth-order valence-corrected chi connectivity index (χ4v) is 2.33. The Bertz CT molecular complexity index is 513. The molecule has 19 heavy (non-hydrogen) atoms. The second-order valence-corrected chi connectivity index (χ2v) is 5.56. The first-order valence-electron chi connectivity index (χ1n) is 5.97. The molecular formula is C14H14INO3. The Labute approximate surface area is 125 Å². The number of rotatable bonds is 2. The molecule has 1 aliphatic rings. The molecule has 4 nitrogen and oxygen atoms in total. The molecule has 100 valence electrons. The van der Waals surface area contributed by atoms with Gasteiger partial charge in [-0.25, -0.2) is 4.79 Å². The SMILES string of the molecule is CC1CC(=O)C(I)=CN1C(=O)OCc1ccccc1. The van der Waals surface area contributed by atoms with Gasteiger partial charge in [0.05, 0.1) is 3.58 Å². The lowest BCUT2D eigenvalue weighted by atomic mass is 10.1. The van der Waals surface area contributed by atoms with Gasteiger partial charge in [0.2, 0.25) is 0 Å². The molecular weight excluding hydrogens is 357 g/mol. The number of hydrogen-bond acceptors (Lipinski definition) is 3. The van der Waals surface area contributed by atoms with Crippen LogP contribution in [0.15, 0.2) is 40.1 Å². The molecule has 1 heterocycles. The van der Waals surface area contributed by atoms with Crippen molar-refractivity contribution in [1.29, 1.82) is 0 Å². The van der Waals surface area contributed by atoms with E-state index in [0.29, 0.717) is 10.0 Å². The fraction of sp³-hybridized carbons (Fsp3) is 0.286. The predicted molar refractivity (Wildman–Crippen MR) is 79.7 cm³/mol. The number of hydrogen-bond donors (Lipinski definition) is 0. The summed E-state index contributed by atoms with van der Waals surface area (Å²) in [7, 11) is 0. The largest absolute Gasteiger partial charge is 0.444 e. The van der Waals surface area contributed by atoms with E-state index in [1.54, 1.807) is 6.20 Å². The standard InChI is InChI=1S/C14H14INO3/c1-10-7-13(17)12(15)8-16(10)14(18)19-9-11-5-3-2-4-6-11/h2-6,8,10H,7,9H2,1H3. The summed E-state index contributed by atoms with van der Waals surface area (Å²) < 4.78 is 5.81. The summed E-state index contributed by atoms with van der Waals surface area (Å²) in [6.45, 7) is 2.07. The number of carbonyl (C=O) groups excluding carboxylic acids is 2. The third kappa shape index (κ3) is 3.56. The first-order chi connectivity index (χ1) is 9.08. The Morgan fingerprint density at radius 3 is 2.79 bits per heavy atom. The highest BCUT2D eigenvalue weighted by Gasteiger charge is 2.28. The number of Topliss-reactive ketones (excluding diaryl/α,β-unsaturated/α-hetero) is 1. The second kappa shape index (κ2) is 6.18. The average Bonchev–Trinajstić information content (AvgIpc) is 2.41. The number of amides is 1. The van der Waals surface area contributed by atoms with Crippen LogP contribution in [-0.2, 0) is 16.1 Å². The molecule has 1 aromatic rings. The van der Waals surface area contributed by atoms with Crippen LogP contribution in [0.1, 0.15) is 18.9 Å². The maximum atomic E-state index is 12.0. The maximum Gasteiger partial charge on any atom is 0.414 e. The van der Waals surface area contributed by atoms with Crippen LogP contribution in [0.25, 0.3) is 0 Å². The number of halogens is 1. The number of ether oxygens (including phenoxy) is 1. The minimum absolute atomic E-state index is 0.0696. The highest BCUT2D eigenvalue weighted by molar-refractivity contribution is 14.1. The minimum atomic E-state index is -0.419. The molecule has 0 spiro atoms. The van der Waals surface area contributed by atoms with Crippen molar-refractivity contribution in [2.24, 2.45) is 0 Å². The lowest BCUT2D eigenvalue weighted by Crippen LogP contribution is -2.39. The van der Waals surface area contributed by atoms with E-state index < -0.39 is 6.09 Å². The van der Waals surface area contributed by atoms with Gasteiger partial charge in [0.1, 0.15) is 6.61 Å². The number of allylic oxidation sites excluding steroid dienone is 1. The Balaban J connectivity index is 1.98. The summed E-state index contributed by atoms with van der Waals surface area (Å²) in [5.41, 5.74) is 0.940. The van der Waals surface area contributed by atoms with E-state index in [-0.39, 0.29) is 18.4 Å². The molecule has 0 aliphatic carbocycles. The van der Waals surface area contributed by atoms with E-state index in [1.165, 1.54) is 4.90 Å². The van der Waals surface area contributed by atoms with E-state index in [1.807, 2.05) is 59.8 Å². The Morgan fingerprint density at radius 1 is 1.42 bits per heavy atom. The maximum absolute atomic E-state index is 12.0. The first-order valence-corrected chi connectivity index (χ1v) is 7.05. The van der Waals surface area contributed by atoms with Crippen molar-refractivity contribution in [3.8, 4) is 0 Å². The lowest BCUT2D eigenvalue weighted by Gasteiger charge is -2.28. The zero-order valence-electron chi connectivity index (χ0n) is 10.5. The van der Waals surface area contributed by atoms with Gasteiger partial charge in [-0.1, -0.05) is 30.3 Å². The van der Waals surface area contributed by atoms with Gasteiger partial charge in [-0.15, -0.1) is 0 Å². The van der Waals surface area contributed by atoms with Gasteiger partial charge in [0.15, 0.2) is 5.78 Å². The normalized spacial score (nSPS) is 19.1. The lowest BCUT2D eigenvalue weighted by molar-refractivity contribution is -0.116. The Morgan fingerprint density at radius 2 is 2.11 bits per heavy atom. The zero-order chi connectivity index (χ0) is 13.8. The fourth-order valence-electron chi connectivity index (χ4n) is 1.81. The van der Waals surface area contributed by atoms with Crippen LogP contribution in [0.3, 0.4) is 0 Å². The van der Waals surface area contributed by atoms with E-state index in [9.17, 15) is 9.59 Å². The molecule has 0 bridgehead atoms. The van der Waals surface area contributed by atoms with Crippen LogP contribution in [0.5, 0.6) is 0 Å². The smallest absolute Gasteiger partial charge is 0.414 e. The first kappa shape index (κ1) is 14.0. The van der Waals surface area contributed by atoms with Crippen molar-refractivity contribution in [2.45, 2.75) is 26.0 Å². The molecule has 0 saturated carbocycles. The molecule has 1 amide bonds. The van der Waals surface area contributed by atoms with E-state index in [0.717, 1.165) is 5.56 Å². The molecule has 0 radical (unpaired) electrons. The summed E-state index contributed by atoms with van der Waals surface area (Å²) in [6, 6.07) is 9.35. The van der Waals surface area contributed by atoms with Crippen molar-refractivity contribution in [3.63, 3.8) is 0 Å². The summed E-state index contributed by atoms with van der Waals surface area (Å²) in [5, 5.41) is 0. The molecule has 0 aromatic heterocycles. The minimum Gasteiger partial charge on any atom is -0.444 e. The van der Waals surface area contributed by atoms with E-state index in [4.69, 9.17) is 4.74 Å². The van der Waals surface area contributed by atoms with Gasteiger partial charge in [-0.2, -0.15) is 0 Å². The predicted octanol–water partition coefficient (Wildman–Crippen LogP) is 3.26. The number of benzene rings is 1. The van der Waals surface area contributed by atoms with Crippen molar-refractivity contribution in [2.75, 3.05) is 0 Å². The van der Waals surface area contributed by atoms with Crippen molar-refractivity contribution < 1.29 is 14.3 Å². The number of ketones is 1. The third-order valence-electron chi connectivity index (χ3n) is 2.89. The molecule has 1 aromatic carbocycles. The summed E-state index contributed by atoms with van der Waals surface area (Å²) in [6.07, 6.45) is 1.48. The van der Waals surface area contributed by atoms with E-state index in [2.05, 4.69) is 0 Å². The van der Waals surface area contributed by atoms with Gasteiger partial charge in [-0.3, -0.25) is 9.69 Å². The van der Waals surface area contributed by atoms with Gasteiger partial charge >= 0.3 is 6.09 Å². The van der Waals surface area contributed by atoms with Gasteiger partial charge in [0, 0.05) is 18.7 Å². The van der Waals surface area contributed by atoms with Crippen LogP contribution in [0, 0.1) is 0 Å². The topological polar surface area (TPSA) is 46.6 Å². The van der Waals surface area contributed by atoms with Crippen LogP contribution >= 0.6 is 22.6 Å². The molecule has 5 heteroatoms. The molecule has 1 unspecified atom stereocenters. The van der Waals surface area contributed by atoms with Crippen LogP contribution in [0.2, 0.25) is 0 Å². The van der Waals surface area contributed by atoms with Crippen LogP contribution in [-0.4, -0.2) is 22.8 Å². The summed E-state index contributed by atoms with van der Waals surface area (Å²) >= 11 is 1.94. The molecule has 1 atom stereocenters. The van der Waals surface area contributed by atoms with Gasteiger partial charge in [-0.05, 0) is 35.1 Å². The summed E-state index contributed by atoms with van der Waals surface area (Å²) in [4.78, 5) is 25.0.